The van der Waals surface area contributed by atoms with Crippen LogP contribution in [0.5, 0.6) is 5.75 Å². The van der Waals surface area contributed by atoms with E-state index in [9.17, 15) is 8.42 Å². The van der Waals surface area contributed by atoms with E-state index < -0.39 is 10.0 Å². The molecule has 0 fully saturated rings. The highest BCUT2D eigenvalue weighted by molar-refractivity contribution is 7.93. The molecule has 1 aliphatic rings. The average Bonchev–Trinajstić information content (AvgIpc) is 3.21. The van der Waals surface area contributed by atoms with Crippen LogP contribution in [0.4, 0.5) is 5.69 Å². The van der Waals surface area contributed by atoms with Crippen molar-refractivity contribution in [3.05, 3.63) is 52.1 Å². The van der Waals surface area contributed by atoms with Crippen LogP contribution in [0.25, 0.3) is 21.3 Å². The lowest BCUT2D eigenvalue weighted by Gasteiger charge is -2.23. The molecule has 1 atom stereocenters. The third-order valence-electron chi connectivity index (χ3n) is 4.92. The Balaban J connectivity index is 2.04. The summed E-state index contributed by atoms with van der Waals surface area (Å²) in [4.78, 5) is 10.8. The molecule has 0 bridgehead atoms. The van der Waals surface area contributed by atoms with Crippen molar-refractivity contribution in [3.8, 4) is 16.9 Å². The maximum absolute atomic E-state index is 11.8. The van der Waals surface area contributed by atoms with Crippen LogP contribution in [0.15, 0.2) is 46.6 Å². The molecule has 1 unspecified atom stereocenters. The quantitative estimate of drug-likeness (QED) is 0.641. The molecule has 0 saturated carbocycles. The van der Waals surface area contributed by atoms with Crippen molar-refractivity contribution in [2.75, 3.05) is 14.2 Å². The van der Waals surface area contributed by atoms with Crippen LogP contribution in [0, 0.1) is 13.8 Å². The molecule has 7 nitrogen and oxygen atoms in total. The molecule has 0 saturated heterocycles. The van der Waals surface area contributed by atoms with E-state index in [0.717, 1.165) is 43.4 Å². The van der Waals surface area contributed by atoms with Crippen molar-refractivity contribution in [3.63, 3.8) is 0 Å². The molecule has 150 valence electrons. The van der Waals surface area contributed by atoms with Crippen LogP contribution in [0.3, 0.4) is 0 Å². The Bertz CT molecular complexity index is 1310. The van der Waals surface area contributed by atoms with Crippen LogP contribution in [0.2, 0.25) is 0 Å². The van der Waals surface area contributed by atoms with Gasteiger partial charge in [0.25, 0.3) is 10.0 Å². The summed E-state index contributed by atoms with van der Waals surface area (Å²) in [5.74, 6) is 0.766. The SMILES string of the molecule is COc1cccc(-c2c(C)sc3nc(C)cc([N+]4(C)C=NC(S(N)(=O)=O)=C4)c23)c1. The van der Waals surface area contributed by atoms with Gasteiger partial charge < -0.3 is 4.74 Å². The minimum atomic E-state index is -3.89. The first-order chi connectivity index (χ1) is 13.6. The van der Waals surface area contributed by atoms with Gasteiger partial charge in [-0.15, -0.1) is 11.3 Å². The van der Waals surface area contributed by atoms with Crippen LogP contribution < -0.4 is 14.4 Å². The molecule has 1 aromatic carbocycles. The second-order valence-electron chi connectivity index (χ2n) is 7.13. The summed E-state index contributed by atoms with van der Waals surface area (Å²) < 4.78 is 29.1. The van der Waals surface area contributed by atoms with Gasteiger partial charge in [0.15, 0.2) is 5.69 Å². The van der Waals surface area contributed by atoms with E-state index in [-0.39, 0.29) is 9.51 Å². The van der Waals surface area contributed by atoms with Crippen molar-refractivity contribution < 1.29 is 13.2 Å². The molecule has 0 aliphatic carbocycles. The molecule has 4 rings (SSSR count). The van der Waals surface area contributed by atoms with Gasteiger partial charge in [0.05, 0.1) is 19.5 Å². The lowest BCUT2D eigenvalue weighted by Crippen LogP contribution is -2.36. The van der Waals surface area contributed by atoms with Gasteiger partial charge in [-0.3, -0.25) is 0 Å². The monoisotopic (exact) mass is 429 g/mol. The Kier molecular flexibility index (Phi) is 4.58. The van der Waals surface area contributed by atoms with E-state index in [0.29, 0.717) is 0 Å². The van der Waals surface area contributed by atoms with Gasteiger partial charge in [-0.1, -0.05) is 12.1 Å². The highest BCUT2D eigenvalue weighted by Crippen LogP contribution is 2.45. The highest BCUT2D eigenvalue weighted by atomic mass is 32.2. The number of nitrogens with zero attached hydrogens (tertiary/aromatic N) is 3. The van der Waals surface area contributed by atoms with Crippen molar-refractivity contribution in [2.45, 2.75) is 13.8 Å². The number of nitrogens with two attached hydrogens (primary N) is 1. The largest absolute Gasteiger partial charge is 0.497 e. The number of thiophene rings is 1. The Morgan fingerprint density at radius 2 is 1.97 bits per heavy atom. The second kappa shape index (κ2) is 6.74. The zero-order valence-corrected chi connectivity index (χ0v) is 18.1. The summed E-state index contributed by atoms with van der Waals surface area (Å²) in [6.07, 6.45) is 3.13. The van der Waals surface area contributed by atoms with E-state index in [1.807, 2.05) is 44.3 Å². The molecular weight excluding hydrogens is 408 g/mol. The van der Waals surface area contributed by atoms with Crippen LogP contribution in [0.1, 0.15) is 10.6 Å². The van der Waals surface area contributed by atoms with Gasteiger partial charge in [0.1, 0.15) is 16.8 Å². The Labute approximate surface area is 173 Å². The molecule has 0 spiro atoms. The van der Waals surface area contributed by atoms with Crippen LogP contribution in [-0.2, 0) is 10.0 Å². The number of hydrogen-bond donors (Lipinski definition) is 1. The second-order valence-corrected chi connectivity index (χ2v) is 9.84. The zero-order chi connectivity index (χ0) is 21.0. The van der Waals surface area contributed by atoms with Crippen molar-refractivity contribution in [1.29, 1.82) is 0 Å². The number of ether oxygens (including phenoxy) is 1. The summed E-state index contributed by atoms with van der Waals surface area (Å²) in [5.41, 5.74) is 3.79. The average molecular weight is 430 g/mol. The predicted octanol–water partition coefficient (Wildman–Crippen LogP) is 3.66. The molecule has 3 aromatic rings. The standard InChI is InChI=1S/C20H21N4O3S2/c1-12-8-16(24(3)10-17(22-11-24)29(21,25)26)19-18(13(2)28-20(19)23-12)14-6-5-7-15(9-14)27-4/h5-11H,1-4H3,(H2,21,25,26)/q+1. The van der Waals surface area contributed by atoms with Gasteiger partial charge in [-0.25, -0.2) is 23.0 Å². The minimum absolute atomic E-state index is 0.0821. The third kappa shape index (κ3) is 3.36. The number of aromatic nitrogens is 1. The van der Waals surface area contributed by atoms with E-state index in [1.165, 1.54) is 0 Å². The lowest BCUT2D eigenvalue weighted by molar-refractivity contribution is 0.415. The third-order valence-corrected chi connectivity index (χ3v) is 6.71. The number of fused-ring (bicyclic) bond motifs is 1. The van der Waals surface area contributed by atoms with Crippen LogP contribution in [-0.4, -0.2) is 33.9 Å². The first-order valence-electron chi connectivity index (χ1n) is 8.85. The van der Waals surface area contributed by atoms with Gasteiger partial charge in [0, 0.05) is 22.2 Å². The van der Waals surface area contributed by atoms with Crippen molar-refractivity contribution in [2.24, 2.45) is 10.1 Å². The maximum atomic E-state index is 11.8. The highest BCUT2D eigenvalue weighted by Gasteiger charge is 2.35. The fourth-order valence-electron chi connectivity index (χ4n) is 3.57. The number of aryl methyl sites for hydroxylation is 2. The number of benzene rings is 1. The maximum Gasteiger partial charge on any atom is 0.261 e. The molecular formula is C20H21N4O3S2+. The van der Waals surface area contributed by atoms with Gasteiger partial charge >= 0.3 is 0 Å². The molecule has 0 amide bonds. The number of methoxy groups -OCH3 is 1. The van der Waals surface area contributed by atoms with Crippen molar-refractivity contribution in [1.82, 2.24) is 9.47 Å². The lowest BCUT2D eigenvalue weighted by atomic mass is 10.0. The molecule has 2 aromatic heterocycles. The molecule has 2 N–H and O–H groups in total. The van der Waals surface area contributed by atoms with E-state index in [4.69, 9.17) is 14.9 Å². The number of hydrogen-bond acceptors (Lipinski definition) is 6. The van der Waals surface area contributed by atoms with E-state index in [1.54, 1.807) is 31.0 Å². The Morgan fingerprint density at radius 3 is 2.62 bits per heavy atom. The van der Waals surface area contributed by atoms with E-state index >= 15 is 0 Å². The molecule has 3 heterocycles. The first kappa shape index (κ1) is 19.7. The number of rotatable bonds is 4. The Hall–Kier alpha value is -2.59. The van der Waals surface area contributed by atoms with E-state index in [2.05, 4.69) is 11.9 Å². The number of primary sulfonamides is 1. The summed E-state index contributed by atoms with van der Waals surface area (Å²) in [5, 5.41) is 6.12. The van der Waals surface area contributed by atoms with Crippen molar-refractivity contribution >= 4 is 43.6 Å². The van der Waals surface area contributed by atoms with Crippen LogP contribution >= 0.6 is 11.3 Å². The predicted molar refractivity (Wildman–Crippen MR) is 118 cm³/mol. The molecule has 29 heavy (non-hydrogen) atoms. The smallest absolute Gasteiger partial charge is 0.261 e. The fraction of sp³-hybridized carbons (Fsp3) is 0.200. The fourth-order valence-corrected chi connectivity index (χ4v) is 5.24. The first-order valence-corrected chi connectivity index (χ1v) is 11.2. The normalized spacial score (nSPS) is 19.0. The summed E-state index contributed by atoms with van der Waals surface area (Å²) >= 11 is 1.61. The number of quaternary nitrogens is 1. The number of sulfonamides is 1. The number of aliphatic imine (C=N–C) groups is 1. The summed E-state index contributed by atoms with van der Waals surface area (Å²) in [7, 11) is -0.380. The summed E-state index contributed by atoms with van der Waals surface area (Å²) in [6, 6.07) is 9.84. The molecule has 0 radical (unpaired) electrons. The Morgan fingerprint density at radius 1 is 1.21 bits per heavy atom. The van der Waals surface area contributed by atoms with Gasteiger partial charge in [-0.2, -0.15) is 4.99 Å². The topological polar surface area (TPSA) is 94.6 Å². The van der Waals surface area contributed by atoms with Gasteiger partial charge in [-0.05, 0) is 31.5 Å². The molecule has 1 aliphatic heterocycles. The molecule has 9 heteroatoms. The van der Waals surface area contributed by atoms with Gasteiger partial charge in [0.2, 0.25) is 11.4 Å². The zero-order valence-electron chi connectivity index (χ0n) is 16.5. The number of pyridine rings is 1. The minimum Gasteiger partial charge on any atom is -0.497 e. The summed E-state index contributed by atoms with van der Waals surface area (Å²) in [6.45, 7) is 3.98.